The molecule has 3 N–H and O–H groups in total. The van der Waals surface area contributed by atoms with Crippen LogP contribution in [0.1, 0.15) is 19.5 Å². The summed E-state index contributed by atoms with van der Waals surface area (Å²) >= 11 is 0. The van der Waals surface area contributed by atoms with Gasteiger partial charge < -0.3 is 5.43 Å². The van der Waals surface area contributed by atoms with E-state index in [1.165, 1.54) is 4.90 Å². The lowest BCUT2D eigenvalue weighted by Gasteiger charge is -2.20. The monoisotopic (exact) mass is 260 g/mol. The molecule has 19 heavy (non-hydrogen) atoms. The van der Waals surface area contributed by atoms with Crippen LogP contribution in [0.5, 0.6) is 0 Å². The summed E-state index contributed by atoms with van der Waals surface area (Å²) in [5.74, 6) is 4.88. The van der Waals surface area contributed by atoms with E-state index in [1.54, 1.807) is 18.3 Å². The third kappa shape index (κ3) is 1.63. The van der Waals surface area contributed by atoms with Crippen molar-refractivity contribution in [3.63, 3.8) is 0 Å². The minimum atomic E-state index is -0.168. The summed E-state index contributed by atoms with van der Waals surface area (Å²) in [6.45, 7) is 4.15. The summed E-state index contributed by atoms with van der Waals surface area (Å²) in [5, 5.41) is 0. The first kappa shape index (κ1) is 12.1. The van der Waals surface area contributed by atoms with Crippen LogP contribution in [-0.2, 0) is 16.1 Å². The molecule has 6 heteroatoms. The average Bonchev–Trinajstić information content (AvgIpc) is 2.86. The van der Waals surface area contributed by atoms with Crippen molar-refractivity contribution in [2.45, 2.75) is 20.4 Å². The fourth-order valence-electron chi connectivity index (χ4n) is 2.98. The van der Waals surface area contributed by atoms with Crippen molar-refractivity contribution in [3.05, 3.63) is 24.0 Å². The van der Waals surface area contributed by atoms with E-state index in [0.29, 0.717) is 11.4 Å². The van der Waals surface area contributed by atoms with Crippen molar-refractivity contribution < 1.29 is 9.59 Å². The molecule has 1 aliphatic carbocycles. The molecule has 1 saturated carbocycles. The number of hydrazine groups is 1. The highest BCUT2D eigenvalue weighted by molar-refractivity contribution is 6.10. The second kappa shape index (κ2) is 3.77. The summed E-state index contributed by atoms with van der Waals surface area (Å²) in [6, 6.07) is 3.45. The molecule has 3 rings (SSSR count). The number of carbonyl (C=O) groups is 2. The first-order valence-electron chi connectivity index (χ1n) is 6.23. The van der Waals surface area contributed by atoms with Gasteiger partial charge in [0.25, 0.3) is 0 Å². The first-order chi connectivity index (χ1) is 8.96. The van der Waals surface area contributed by atoms with Crippen LogP contribution >= 0.6 is 0 Å². The fraction of sp³-hybridized carbons (Fsp3) is 0.462. The highest BCUT2D eigenvalue weighted by atomic mass is 16.2. The number of aromatic nitrogens is 1. The molecule has 2 unspecified atom stereocenters. The second-order valence-electron chi connectivity index (χ2n) is 5.72. The van der Waals surface area contributed by atoms with Crippen LogP contribution in [-0.4, -0.2) is 21.7 Å². The molecule has 1 aromatic rings. The van der Waals surface area contributed by atoms with E-state index in [-0.39, 0.29) is 35.6 Å². The number of anilines is 1. The van der Waals surface area contributed by atoms with E-state index in [2.05, 4.69) is 10.4 Å². The normalized spacial score (nSPS) is 27.4. The van der Waals surface area contributed by atoms with Gasteiger partial charge in [-0.3, -0.25) is 25.3 Å². The Morgan fingerprint density at radius 3 is 2.58 bits per heavy atom. The zero-order valence-corrected chi connectivity index (χ0v) is 10.9. The van der Waals surface area contributed by atoms with E-state index < -0.39 is 0 Å². The Morgan fingerprint density at radius 2 is 2.00 bits per heavy atom. The number of fused-ring (bicyclic) bond motifs is 1. The SMILES string of the molecule is CC1(C)C2C(=O)N(Cc3cc(NN)ccn3)C(=O)C21. The van der Waals surface area contributed by atoms with Gasteiger partial charge in [0, 0.05) is 6.20 Å². The summed E-state index contributed by atoms with van der Waals surface area (Å²) in [5.41, 5.74) is 3.70. The Morgan fingerprint density at radius 1 is 1.37 bits per heavy atom. The van der Waals surface area contributed by atoms with Crippen molar-refractivity contribution >= 4 is 17.5 Å². The number of nitrogens with one attached hydrogen (secondary N) is 1. The Hall–Kier alpha value is -1.95. The number of rotatable bonds is 3. The minimum Gasteiger partial charge on any atom is -0.324 e. The van der Waals surface area contributed by atoms with Crippen molar-refractivity contribution in [1.29, 1.82) is 0 Å². The molecule has 2 amide bonds. The van der Waals surface area contributed by atoms with Gasteiger partial charge in [0.2, 0.25) is 11.8 Å². The van der Waals surface area contributed by atoms with Gasteiger partial charge in [-0.05, 0) is 17.5 Å². The van der Waals surface area contributed by atoms with Crippen molar-refractivity contribution in [2.24, 2.45) is 23.1 Å². The van der Waals surface area contributed by atoms with E-state index in [9.17, 15) is 9.59 Å². The maximum Gasteiger partial charge on any atom is 0.234 e. The maximum atomic E-state index is 12.2. The lowest BCUT2D eigenvalue weighted by molar-refractivity contribution is -0.143. The van der Waals surface area contributed by atoms with E-state index >= 15 is 0 Å². The van der Waals surface area contributed by atoms with Crippen LogP contribution in [0.2, 0.25) is 0 Å². The highest BCUT2D eigenvalue weighted by Crippen LogP contribution is 2.63. The zero-order chi connectivity index (χ0) is 13.8. The summed E-state index contributed by atoms with van der Waals surface area (Å²) in [6.07, 6.45) is 1.60. The van der Waals surface area contributed by atoms with E-state index in [0.717, 1.165) is 0 Å². The Labute approximate surface area is 111 Å². The number of pyridine rings is 1. The predicted octanol–water partition coefficient (Wildman–Crippen LogP) is 0.508. The van der Waals surface area contributed by atoms with Gasteiger partial charge >= 0.3 is 0 Å². The van der Waals surface area contributed by atoms with Gasteiger partial charge in [0.15, 0.2) is 0 Å². The molecule has 0 radical (unpaired) electrons. The standard InChI is InChI=1S/C13H16N4O2/c1-13(2)9-10(13)12(19)17(11(9)18)6-8-5-7(16-14)3-4-15-8/h3-5,9-10H,6,14H2,1-2H3,(H,15,16). The van der Waals surface area contributed by atoms with Gasteiger partial charge in [-0.1, -0.05) is 13.8 Å². The smallest absolute Gasteiger partial charge is 0.234 e. The average molecular weight is 260 g/mol. The molecule has 2 aliphatic rings. The van der Waals surface area contributed by atoms with Gasteiger partial charge in [-0.15, -0.1) is 0 Å². The van der Waals surface area contributed by atoms with Gasteiger partial charge in [-0.2, -0.15) is 0 Å². The first-order valence-corrected chi connectivity index (χ1v) is 6.23. The molecule has 1 aromatic heterocycles. The summed E-state index contributed by atoms with van der Waals surface area (Å²) in [7, 11) is 0. The number of likely N-dealkylation sites (tertiary alicyclic amines) is 1. The third-order valence-electron chi connectivity index (χ3n) is 4.19. The molecule has 0 bridgehead atoms. The molecule has 0 spiro atoms. The molecule has 2 fully saturated rings. The summed E-state index contributed by atoms with van der Waals surface area (Å²) in [4.78, 5) is 29.8. The third-order valence-corrected chi connectivity index (χ3v) is 4.19. The van der Waals surface area contributed by atoms with Crippen LogP contribution in [0.4, 0.5) is 5.69 Å². The number of piperidine rings is 1. The van der Waals surface area contributed by atoms with E-state index in [4.69, 9.17) is 5.84 Å². The highest BCUT2D eigenvalue weighted by Gasteiger charge is 2.72. The fourth-order valence-corrected chi connectivity index (χ4v) is 2.98. The number of carbonyl (C=O) groups excluding carboxylic acids is 2. The van der Waals surface area contributed by atoms with Gasteiger partial charge in [0.1, 0.15) is 0 Å². The van der Waals surface area contributed by atoms with Crippen molar-refractivity contribution in [3.8, 4) is 0 Å². The van der Waals surface area contributed by atoms with Crippen molar-refractivity contribution in [2.75, 3.05) is 5.43 Å². The number of nitrogens with two attached hydrogens (primary N) is 1. The number of hydrogen-bond acceptors (Lipinski definition) is 5. The molecular weight excluding hydrogens is 244 g/mol. The van der Waals surface area contributed by atoms with Crippen LogP contribution in [0.3, 0.4) is 0 Å². The molecule has 1 saturated heterocycles. The minimum absolute atomic E-state index is 0.0760. The lowest BCUT2D eigenvalue weighted by Crippen LogP contribution is -2.35. The summed E-state index contributed by atoms with van der Waals surface area (Å²) < 4.78 is 0. The van der Waals surface area contributed by atoms with Gasteiger partial charge in [-0.25, -0.2) is 0 Å². The maximum absolute atomic E-state index is 12.2. The number of amides is 2. The zero-order valence-electron chi connectivity index (χ0n) is 10.9. The quantitative estimate of drug-likeness (QED) is 0.469. The molecular formula is C13H16N4O2. The second-order valence-corrected chi connectivity index (χ2v) is 5.72. The largest absolute Gasteiger partial charge is 0.324 e. The molecule has 2 atom stereocenters. The number of nitrogens with zero attached hydrogens (tertiary/aromatic N) is 2. The van der Waals surface area contributed by atoms with Crippen molar-refractivity contribution in [1.82, 2.24) is 9.88 Å². The number of hydrogen-bond donors (Lipinski definition) is 2. The molecule has 100 valence electrons. The van der Waals surface area contributed by atoms with Crippen LogP contribution in [0, 0.1) is 17.3 Å². The number of nitrogen functional groups attached to an aromatic ring is 1. The topological polar surface area (TPSA) is 88.3 Å². The molecule has 6 nitrogen and oxygen atoms in total. The van der Waals surface area contributed by atoms with E-state index in [1.807, 2.05) is 13.8 Å². The van der Waals surface area contributed by atoms with Gasteiger partial charge in [0.05, 0.1) is 29.8 Å². The Balaban J connectivity index is 1.79. The van der Waals surface area contributed by atoms with Crippen LogP contribution in [0.25, 0.3) is 0 Å². The molecule has 0 aromatic carbocycles. The number of imide groups is 1. The van der Waals surface area contributed by atoms with Crippen LogP contribution in [0.15, 0.2) is 18.3 Å². The Kier molecular flexibility index (Phi) is 2.40. The lowest BCUT2D eigenvalue weighted by atomic mass is 10.1. The Bertz CT molecular complexity index is 546. The molecule has 1 aliphatic heterocycles. The van der Waals surface area contributed by atoms with Crippen LogP contribution < -0.4 is 11.3 Å². The molecule has 2 heterocycles. The predicted molar refractivity (Wildman–Crippen MR) is 68.4 cm³/mol.